The molecule has 0 spiro atoms. The molecule has 0 saturated carbocycles. The van der Waals surface area contributed by atoms with Gasteiger partial charge >= 0.3 is 11.8 Å². The van der Waals surface area contributed by atoms with Crippen LogP contribution in [0.15, 0.2) is 45.6 Å². The zero-order valence-electron chi connectivity index (χ0n) is 18.0. The van der Waals surface area contributed by atoms with E-state index < -0.39 is 29.9 Å². The van der Waals surface area contributed by atoms with Crippen LogP contribution in [0.1, 0.15) is 11.1 Å². The molecule has 7 nitrogen and oxygen atoms in total. The number of hydrogen-bond acceptors (Lipinski definition) is 6. The van der Waals surface area contributed by atoms with Crippen LogP contribution in [-0.2, 0) is 15.7 Å². The third kappa shape index (κ3) is 5.28. The van der Waals surface area contributed by atoms with E-state index in [0.29, 0.717) is 42.9 Å². The van der Waals surface area contributed by atoms with E-state index in [4.69, 9.17) is 25.5 Å². The lowest BCUT2D eigenvalue weighted by Crippen LogP contribution is -2.37. The molecule has 0 radical (unpaired) electrons. The van der Waals surface area contributed by atoms with E-state index in [1.165, 1.54) is 18.2 Å². The van der Waals surface area contributed by atoms with E-state index in [-0.39, 0.29) is 22.0 Å². The van der Waals surface area contributed by atoms with Gasteiger partial charge < -0.3 is 24.1 Å². The standard InChI is InChI=1S/C23H20ClF3N2O5/c1-13-8-22(31)34-19-11-20(16(24)10-15(13)19)33-12-21(30)28-17-9-14(23(25,26)27)2-3-18(17)29-4-6-32-7-5-29/h2-3,8-11H,4-7,12H2,1H3,(H,28,30). The van der Waals surface area contributed by atoms with Gasteiger partial charge in [0.05, 0.1) is 35.2 Å². The van der Waals surface area contributed by atoms with Crippen molar-refractivity contribution in [3.05, 3.63) is 63.0 Å². The minimum absolute atomic E-state index is 0.0107. The van der Waals surface area contributed by atoms with Crippen molar-refractivity contribution in [1.82, 2.24) is 0 Å². The van der Waals surface area contributed by atoms with Crippen LogP contribution in [0.2, 0.25) is 5.02 Å². The molecule has 11 heteroatoms. The molecular weight excluding hydrogens is 477 g/mol. The van der Waals surface area contributed by atoms with Crippen molar-refractivity contribution < 1.29 is 31.9 Å². The normalized spacial score (nSPS) is 14.3. The fourth-order valence-corrected chi connectivity index (χ4v) is 3.87. The second-order valence-electron chi connectivity index (χ2n) is 7.69. The van der Waals surface area contributed by atoms with Gasteiger partial charge in [-0.05, 0) is 36.8 Å². The molecule has 2 aromatic carbocycles. The van der Waals surface area contributed by atoms with Gasteiger partial charge in [0, 0.05) is 30.6 Å². The average molecular weight is 497 g/mol. The molecule has 0 bridgehead atoms. The Morgan fingerprint density at radius 2 is 1.91 bits per heavy atom. The van der Waals surface area contributed by atoms with E-state index in [1.54, 1.807) is 13.0 Å². The van der Waals surface area contributed by atoms with Crippen molar-refractivity contribution in [1.29, 1.82) is 0 Å². The lowest BCUT2D eigenvalue weighted by Gasteiger charge is -2.31. The van der Waals surface area contributed by atoms with E-state index >= 15 is 0 Å². The maximum absolute atomic E-state index is 13.3. The fraction of sp³-hybridized carbons (Fsp3) is 0.304. The third-order valence-corrected chi connectivity index (χ3v) is 5.61. The summed E-state index contributed by atoms with van der Waals surface area (Å²) in [5, 5.41) is 3.30. The molecule has 180 valence electrons. The van der Waals surface area contributed by atoms with Crippen LogP contribution in [0.4, 0.5) is 24.5 Å². The summed E-state index contributed by atoms with van der Waals surface area (Å²) in [5.41, 5.74) is -0.0722. The minimum atomic E-state index is -4.57. The predicted octanol–water partition coefficient (Wildman–Crippen LogP) is 4.63. The number of rotatable bonds is 5. The van der Waals surface area contributed by atoms with Crippen molar-refractivity contribution in [3.8, 4) is 5.75 Å². The summed E-state index contributed by atoms with van der Waals surface area (Å²) in [6.07, 6.45) is -4.57. The number of hydrogen-bond donors (Lipinski definition) is 1. The summed E-state index contributed by atoms with van der Waals surface area (Å²) >= 11 is 6.24. The number of benzene rings is 2. The van der Waals surface area contributed by atoms with Crippen LogP contribution in [-0.4, -0.2) is 38.8 Å². The molecule has 1 aliphatic heterocycles. The number of carbonyl (C=O) groups is 1. The average Bonchev–Trinajstić information content (AvgIpc) is 2.78. The molecule has 0 unspecified atom stereocenters. The highest BCUT2D eigenvalue weighted by Crippen LogP contribution is 2.36. The van der Waals surface area contributed by atoms with E-state index in [9.17, 15) is 22.8 Å². The molecule has 3 aromatic rings. The SMILES string of the molecule is Cc1cc(=O)oc2cc(OCC(=O)Nc3cc(C(F)(F)F)ccc3N3CCOCC3)c(Cl)cc12. The van der Waals surface area contributed by atoms with E-state index in [2.05, 4.69) is 5.32 Å². The molecule has 0 atom stereocenters. The van der Waals surface area contributed by atoms with E-state index in [0.717, 1.165) is 12.1 Å². The molecule has 1 N–H and O–H groups in total. The topological polar surface area (TPSA) is 81.0 Å². The summed E-state index contributed by atoms with van der Waals surface area (Å²) in [7, 11) is 0. The Morgan fingerprint density at radius 3 is 2.62 bits per heavy atom. The van der Waals surface area contributed by atoms with Gasteiger partial charge in [-0.2, -0.15) is 13.2 Å². The van der Waals surface area contributed by atoms with Crippen molar-refractivity contribution in [3.63, 3.8) is 0 Å². The van der Waals surface area contributed by atoms with Gasteiger partial charge in [0.25, 0.3) is 5.91 Å². The Kier molecular flexibility index (Phi) is 6.72. The number of ether oxygens (including phenoxy) is 2. The highest BCUT2D eigenvalue weighted by atomic mass is 35.5. The van der Waals surface area contributed by atoms with Crippen LogP contribution in [0.25, 0.3) is 11.0 Å². The number of fused-ring (bicyclic) bond motifs is 1. The van der Waals surface area contributed by atoms with Crippen LogP contribution >= 0.6 is 11.6 Å². The van der Waals surface area contributed by atoms with Gasteiger partial charge in [0.15, 0.2) is 6.61 Å². The maximum Gasteiger partial charge on any atom is 0.416 e. The molecule has 4 rings (SSSR count). The minimum Gasteiger partial charge on any atom is -0.482 e. The Hall–Kier alpha value is -3.24. The van der Waals surface area contributed by atoms with Gasteiger partial charge in [0.1, 0.15) is 11.3 Å². The second-order valence-corrected chi connectivity index (χ2v) is 8.10. The first-order chi connectivity index (χ1) is 16.1. The molecule has 1 saturated heterocycles. The van der Waals surface area contributed by atoms with Gasteiger partial charge in [-0.15, -0.1) is 0 Å². The molecule has 1 amide bonds. The van der Waals surface area contributed by atoms with Gasteiger partial charge in [0.2, 0.25) is 0 Å². The predicted molar refractivity (Wildman–Crippen MR) is 121 cm³/mol. The molecule has 0 aliphatic carbocycles. The van der Waals surface area contributed by atoms with Gasteiger partial charge in [-0.25, -0.2) is 4.79 Å². The van der Waals surface area contributed by atoms with Crippen LogP contribution in [0.5, 0.6) is 5.75 Å². The largest absolute Gasteiger partial charge is 0.482 e. The Labute approximate surface area is 197 Å². The first-order valence-corrected chi connectivity index (χ1v) is 10.7. The van der Waals surface area contributed by atoms with E-state index in [1.807, 2.05) is 4.90 Å². The fourth-order valence-electron chi connectivity index (χ4n) is 3.65. The lowest BCUT2D eigenvalue weighted by atomic mass is 10.1. The smallest absolute Gasteiger partial charge is 0.416 e. The zero-order valence-corrected chi connectivity index (χ0v) is 18.8. The first kappa shape index (κ1) is 23.9. The number of amides is 1. The summed E-state index contributed by atoms with van der Waals surface area (Å²) in [5.74, 6) is -0.591. The summed E-state index contributed by atoms with van der Waals surface area (Å²) < 4.78 is 55.7. The number of alkyl halides is 3. The number of aryl methyl sites for hydroxylation is 1. The quantitative estimate of drug-likeness (QED) is 0.519. The maximum atomic E-state index is 13.3. The molecule has 2 heterocycles. The molecule has 34 heavy (non-hydrogen) atoms. The van der Waals surface area contributed by atoms with Crippen LogP contribution in [0.3, 0.4) is 0 Å². The van der Waals surface area contributed by atoms with Gasteiger partial charge in [-0.1, -0.05) is 11.6 Å². The number of anilines is 2. The number of nitrogens with zero attached hydrogens (tertiary/aromatic N) is 1. The first-order valence-electron chi connectivity index (χ1n) is 10.3. The summed E-state index contributed by atoms with van der Waals surface area (Å²) in [4.78, 5) is 26.1. The molecule has 1 aliphatic rings. The summed E-state index contributed by atoms with van der Waals surface area (Å²) in [6, 6.07) is 7.46. The second kappa shape index (κ2) is 9.55. The van der Waals surface area contributed by atoms with Crippen LogP contribution < -0.4 is 20.6 Å². The Bertz CT molecular complexity index is 1290. The highest BCUT2D eigenvalue weighted by molar-refractivity contribution is 6.32. The molecular formula is C23H20ClF3N2O5. The Morgan fingerprint density at radius 1 is 1.18 bits per heavy atom. The van der Waals surface area contributed by atoms with Gasteiger partial charge in [-0.3, -0.25) is 4.79 Å². The number of carbonyl (C=O) groups excluding carboxylic acids is 1. The summed E-state index contributed by atoms with van der Waals surface area (Å²) in [6.45, 7) is 3.00. The Balaban J connectivity index is 1.54. The number of nitrogens with one attached hydrogen (secondary N) is 1. The van der Waals surface area contributed by atoms with Crippen molar-refractivity contribution in [2.24, 2.45) is 0 Å². The highest BCUT2D eigenvalue weighted by Gasteiger charge is 2.32. The number of morpholine rings is 1. The van der Waals surface area contributed by atoms with Crippen LogP contribution in [0, 0.1) is 6.92 Å². The van der Waals surface area contributed by atoms with Crippen molar-refractivity contribution >= 4 is 39.9 Å². The zero-order chi connectivity index (χ0) is 24.5. The van der Waals surface area contributed by atoms with Crippen molar-refractivity contribution in [2.75, 3.05) is 43.1 Å². The lowest BCUT2D eigenvalue weighted by molar-refractivity contribution is -0.137. The van der Waals surface area contributed by atoms with Crippen molar-refractivity contribution in [2.45, 2.75) is 13.1 Å². The third-order valence-electron chi connectivity index (χ3n) is 5.31. The molecule has 1 aromatic heterocycles. The number of halogens is 4. The monoisotopic (exact) mass is 496 g/mol. The molecule has 1 fully saturated rings.